The summed E-state index contributed by atoms with van der Waals surface area (Å²) in [6.07, 6.45) is 1.73. The van der Waals surface area contributed by atoms with Crippen LogP contribution >= 0.6 is 0 Å². The summed E-state index contributed by atoms with van der Waals surface area (Å²) < 4.78 is 10.3. The van der Waals surface area contributed by atoms with Gasteiger partial charge < -0.3 is 14.8 Å². The van der Waals surface area contributed by atoms with Crippen LogP contribution in [-0.2, 0) is 6.54 Å². The predicted octanol–water partition coefficient (Wildman–Crippen LogP) is 2.07. The van der Waals surface area contributed by atoms with Gasteiger partial charge >= 0.3 is 0 Å². The average molecular weight is 286 g/mol. The third-order valence-electron chi connectivity index (χ3n) is 3.02. The highest BCUT2D eigenvalue weighted by Crippen LogP contribution is 2.27. The molecule has 1 heterocycles. The number of methoxy groups -OCH3 is 2. The molecule has 0 aliphatic rings. The molecule has 0 amide bonds. The summed E-state index contributed by atoms with van der Waals surface area (Å²) in [5.41, 5.74) is 1.48. The van der Waals surface area contributed by atoms with Crippen LogP contribution in [-0.4, -0.2) is 31.5 Å². The van der Waals surface area contributed by atoms with Crippen molar-refractivity contribution < 1.29 is 14.3 Å². The monoisotopic (exact) mass is 286 g/mol. The topological polar surface area (TPSA) is 60.5 Å². The molecule has 0 aliphatic carbocycles. The smallest absolute Gasteiger partial charge is 0.176 e. The number of carbonyl (C=O) groups is 1. The lowest BCUT2D eigenvalue weighted by Crippen LogP contribution is -2.23. The number of hydrogen-bond acceptors (Lipinski definition) is 5. The predicted molar refractivity (Wildman–Crippen MR) is 79.8 cm³/mol. The van der Waals surface area contributed by atoms with Gasteiger partial charge in [0.25, 0.3) is 0 Å². The Hall–Kier alpha value is -2.40. The highest BCUT2D eigenvalue weighted by molar-refractivity contribution is 5.98. The summed E-state index contributed by atoms with van der Waals surface area (Å²) in [4.78, 5) is 16.3. The molecule has 0 aliphatic heterocycles. The molecule has 5 nitrogen and oxygen atoms in total. The van der Waals surface area contributed by atoms with Crippen molar-refractivity contribution in [1.29, 1.82) is 0 Å². The van der Waals surface area contributed by atoms with Crippen molar-refractivity contribution in [3.63, 3.8) is 0 Å². The summed E-state index contributed by atoms with van der Waals surface area (Å²) in [7, 11) is 3.11. The lowest BCUT2D eigenvalue weighted by Gasteiger charge is -2.09. The SMILES string of the molecule is COc1ccc(C(=O)CNCc2ccccn2)cc1OC. The molecule has 0 atom stereocenters. The summed E-state index contributed by atoms with van der Waals surface area (Å²) in [5.74, 6) is 1.15. The zero-order valence-electron chi connectivity index (χ0n) is 12.1. The molecular formula is C16H18N2O3. The van der Waals surface area contributed by atoms with E-state index < -0.39 is 0 Å². The van der Waals surface area contributed by atoms with Crippen molar-refractivity contribution in [2.75, 3.05) is 20.8 Å². The molecule has 21 heavy (non-hydrogen) atoms. The van der Waals surface area contributed by atoms with Gasteiger partial charge in [-0.15, -0.1) is 0 Å². The Bertz CT molecular complexity index is 600. The molecule has 0 unspecified atom stereocenters. The minimum Gasteiger partial charge on any atom is -0.493 e. The van der Waals surface area contributed by atoms with Gasteiger partial charge in [0.1, 0.15) is 0 Å². The zero-order valence-corrected chi connectivity index (χ0v) is 12.1. The van der Waals surface area contributed by atoms with Crippen LogP contribution in [0.4, 0.5) is 0 Å². The number of Topliss-reactive ketones (excluding diaryl/α,β-unsaturated/α-hetero) is 1. The van der Waals surface area contributed by atoms with Crippen molar-refractivity contribution in [2.24, 2.45) is 0 Å². The number of ketones is 1. The maximum atomic E-state index is 12.1. The van der Waals surface area contributed by atoms with Crippen LogP contribution in [0.25, 0.3) is 0 Å². The molecule has 2 rings (SSSR count). The van der Waals surface area contributed by atoms with E-state index in [9.17, 15) is 4.79 Å². The van der Waals surface area contributed by atoms with E-state index in [-0.39, 0.29) is 12.3 Å². The number of ether oxygens (including phenoxy) is 2. The fraction of sp³-hybridized carbons (Fsp3) is 0.250. The van der Waals surface area contributed by atoms with Gasteiger partial charge in [0.2, 0.25) is 0 Å². The Morgan fingerprint density at radius 1 is 1.14 bits per heavy atom. The molecule has 1 N–H and O–H groups in total. The molecule has 0 radical (unpaired) electrons. The van der Waals surface area contributed by atoms with Gasteiger partial charge in [0.15, 0.2) is 17.3 Å². The summed E-state index contributed by atoms with van der Waals surface area (Å²) in [6, 6.07) is 10.8. The van der Waals surface area contributed by atoms with Crippen LogP contribution in [0.3, 0.4) is 0 Å². The van der Waals surface area contributed by atoms with Gasteiger partial charge in [-0.3, -0.25) is 9.78 Å². The molecule has 0 saturated heterocycles. The van der Waals surface area contributed by atoms with Crippen LogP contribution < -0.4 is 14.8 Å². The third kappa shape index (κ3) is 4.03. The first-order chi connectivity index (χ1) is 10.2. The molecule has 0 spiro atoms. The Kier molecular flexibility index (Phi) is 5.29. The van der Waals surface area contributed by atoms with Crippen LogP contribution in [0, 0.1) is 0 Å². The Labute approximate surface area is 123 Å². The van der Waals surface area contributed by atoms with Crippen LogP contribution in [0.1, 0.15) is 16.1 Å². The Morgan fingerprint density at radius 2 is 1.95 bits per heavy atom. The van der Waals surface area contributed by atoms with E-state index in [0.29, 0.717) is 23.6 Å². The highest BCUT2D eigenvalue weighted by Gasteiger charge is 2.10. The van der Waals surface area contributed by atoms with Gasteiger partial charge in [0.05, 0.1) is 26.5 Å². The number of hydrogen-bond donors (Lipinski definition) is 1. The molecule has 110 valence electrons. The molecule has 5 heteroatoms. The van der Waals surface area contributed by atoms with Gasteiger partial charge in [-0.1, -0.05) is 6.07 Å². The summed E-state index contributed by atoms with van der Waals surface area (Å²) >= 11 is 0. The van der Waals surface area contributed by atoms with Crippen LogP contribution in [0.5, 0.6) is 11.5 Å². The van der Waals surface area contributed by atoms with Crippen molar-refractivity contribution in [3.8, 4) is 11.5 Å². The van der Waals surface area contributed by atoms with E-state index in [1.54, 1.807) is 38.6 Å². The third-order valence-corrected chi connectivity index (χ3v) is 3.02. The molecule has 0 fully saturated rings. The number of rotatable bonds is 7. The number of benzene rings is 1. The lowest BCUT2D eigenvalue weighted by atomic mass is 10.1. The van der Waals surface area contributed by atoms with E-state index in [2.05, 4.69) is 10.3 Å². The van der Waals surface area contributed by atoms with Gasteiger partial charge in [-0.2, -0.15) is 0 Å². The quantitative estimate of drug-likeness (QED) is 0.790. The fourth-order valence-electron chi connectivity index (χ4n) is 1.92. The molecule has 1 aromatic carbocycles. The number of carbonyl (C=O) groups excluding carboxylic acids is 1. The normalized spacial score (nSPS) is 10.2. The Morgan fingerprint density at radius 3 is 2.62 bits per heavy atom. The van der Waals surface area contributed by atoms with Crippen molar-refractivity contribution in [3.05, 3.63) is 53.9 Å². The molecule has 0 saturated carbocycles. The number of aromatic nitrogens is 1. The lowest BCUT2D eigenvalue weighted by molar-refractivity contribution is 0.0990. The first-order valence-corrected chi connectivity index (χ1v) is 6.60. The Balaban J connectivity index is 1.94. The average Bonchev–Trinajstić information content (AvgIpc) is 2.55. The molecule has 1 aromatic heterocycles. The minimum atomic E-state index is -0.00751. The largest absolute Gasteiger partial charge is 0.493 e. The van der Waals surface area contributed by atoms with E-state index in [1.165, 1.54) is 0 Å². The van der Waals surface area contributed by atoms with E-state index in [1.807, 2.05) is 18.2 Å². The number of nitrogens with one attached hydrogen (secondary N) is 1. The zero-order chi connectivity index (χ0) is 15.1. The second-order valence-electron chi connectivity index (χ2n) is 4.42. The van der Waals surface area contributed by atoms with Gasteiger partial charge in [-0.05, 0) is 30.3 Å². The van der Waals surface area contributed by atoms with E-state index in [0.717, 1.165) is 5.69 Å². The fourth-order valence-corrected chi connectivity index (χ4v) is 1.92. The standard InChI is InChI=1S/C16H18N2O3/c1-20-15-7-6-12(9-16(15)21-2)14(19)11-17-10-13-5-3-4-8-18-13/h3-9,17H,10-11H2,1-2H3. The number of nitrogens with zero attached hydrogens (tertiary/aromatic N) is 1. The van der Waals surface area contributed by atoms with Gasteiger partial charge in [-0.25, -0.2) is 0 Å². The summed E-state index contributed by atoms with van der Waals surface area (Å²) in [6.45, 7) is 0.798. The van der Waals surface area contributed by atoms with E-state index in [4.69, 9.17) is 9.47 Å². The molecule has 2 aromatic rings. The van der Waals surface area contributed by atoms with Crippen molar-refractivity contribution in [2.45, 2.75) is 6.54 Å². The highest BCUT2D eigenvalue weighted by atomic mass is 16.5. The first kappa shape index (κ1) is 15.0. The van der Waals surface area contributed by atoms with Crippen LogP contribution in [0.15, 0.2) is 42.6 Å². The second-order valence-corrected chi connectivity index (χ2v) is 4.42. The van der Waals surface area contributed by atoms with E-state index >= 15 is 0 Å². The van der Waals surface area contributed by atoms with Crippen molar-refractivity contribution >= 4 is 5.78 Å². The van der Waals surface area contributed by atoms with Crippen molar-refractivity contribution in [1.82, 2.24) is 10.3 Å². The number of pyridine rings is 1. The maximum Gasteiger partial charge on any atom is 0.176 e. The van der Waals surface area contributed by atoms with Crippen LogP contribution in [0.2, 0.25) is 0 Å². The first-order valence-electron chi connectivity index (χ1n) is 6.60. The van der Waals surface area contributed by atoms with Gasteiger partial charge in [0, 0.05) is 18.3 Å². The molecule has 0 bridgehead atoms. The maximum absolute atomic E-state index is 12.1. The second kappa shape index (κ2) is 7.40. The minimum absolute atomic E-state index is 0.00751. The summed E-state index contributed by atoms with van der Waals surface area (Å²) in [5, 5.41) is 3.08. The molecular weight excluding hydrogens is 268 g/mol.